The molecule has 1 aliphatic heterocycles. The number of unbranched alkanes of at least 4 members (excludes halogenated alkanes) is 1. The average molecular weight is 354 g/mol. The van der Waals surface area contributed by atoms with E-state index < -0.39 is 5.56 Å². The van der Waals surface area contributed by atoms with E-state index in [4.69, 9.17) is 17.0 Å². The van der Waals surface area contributed by atoms with E-state index in [9.17, 15) is 9.90 Å². The summed E-state index contributed by atoms with van der Waals surface area (Å²) < 4.78 is 7.11. The highest BCUT2D eigenvalue weighted by molar-refractivity contribution is 7.71. The summed E-state index contributed by atoms with van der Waals surface area (Å²) in [6.45, 7) is 7.71. The van der Waals surface area contributed by atoms with Crippen molar-refractivity contribution >= 4 is 18.4 Å². The van der Waals surface area contributed by atoms with E-state index >= 15 is 0 Å². The minimum Gasteiger partial charge on any atom is -0.494 e. The molecule has 0 radical (unpaired) electrons. The molecule has 0 unspecified atom stereocenters. The van der Waals surface area contributed by atoms with Crippen LogP contribution >= 0.6 is 12.2 Å². The average Bonchev–Trinajstić information content (AvgIpc) is 2.58. The van der Waals surface area contributed by atoms with E-state index in [0.717, 1.165) is 52.1 Å². The van der Waals surface area contributed by atoms with Gasteiger partial charge in [0.25, 0.3) is 5.56 Å². The SMILES string of the molecule is CCCCn1c(O)c(C=NCCCN2CCOCC2)c(=O)[nH]c1=S. The molecular formula is C16H26N4O3S. The third-order valence-corrected chi connectivity index (χ3v) is 4.35. The molecule has 0 spiro atoms. The van der Waals surface area contributed by atoms with Crippen LogP contribution in [0.4, 0.5) is 0 Å². The maximum Gasteiger partial charge on any atom is 0.264 e. The summed E-state index contributed by atoms with van der Waals surface area (Å²) in [5, 5.41) is 10.3. The smallest absolute Gasteiger partial charge is 0.264 e. The lowest BCUT2D eigenvalue weighted by Crippen LogP contribution is -2.37. The molecule has 24 heavy (non-hydrogen) atoms. The molecule has 7 nitrogen and oxygen atoms in total. The number of aliphatic imine (C=N–C) groups is 1. The number of aromatic amines is 1. The van der Waals surface area contributed by atoms with E-state index in [1.807, 2.05) is 0 Å². The third-order valence-electron chi connectivity index (χ3n) is 4.03. The zero-order valence-electron chi connectivity index (χ0n) is 14.2. The number of H-pyrrole nitrogens is 1. The lowest BCUT2D eigenvalue weighted by molar-refractivity contribution is 0.0377. The van der Waals surface area contributed by atoms with Crippen LogP contribution in [-0.4, -0.2) is 65.2 Å². The molecule has 0 aliphatic carbocycles. The summed E-state index contributed by atoms with van der Waals surface area (Å²) >= 11 is 5.11. The zero-order valence-corrected chi connectivity index (χ0v) is 15.0. The summed E-state index contributed by atoms with van der Waals surface area (Å²) in [5.41, 5.74) is -0.228. The van der Waals surface area contributed by atoms with Crippen LogP contribution in [0.25, 0.3) is 0 Å². The van der Waals surface area contributed by atoms with Crippen LogP contribution in [0.5, 0.6) is 5.88 Å². The zero-order chi connectivity index (χ0) is 17.4. The number of morpholine rings is 1. The van der Waals surface area contributed by atoms with Crippen molar-refractivity contribution in [2.24, 2.45) is 4.99 Å². The van der Waals surface area contributed by atoms with Gasteiger partial charge in [0, 0.05) is 38.9 Å². The van der Waals surface area contributed by atoms with E-state index in [2.05, 4.69) is 21.8 Å². The van der Waals surface area contributed by atoms with Gasteiger partial charge in [-0.1, -0.05) is 13.3 Å². The molecule has 2 rings (SSSR count). The van der Waals surface area contributed by atoms with Crippen LogP contribution in [-0.2, 0) is 11.3 Å². The van der Waals surface area contributed by atoms with Crippen molar-refractivity contribution in [2.75, 3.05) is 39.4 Å². The molecule has 2 heterocycles. The van der Waals surface area contributed by atoms with Crippen molar-refractivity contribution in [2.45, 2.75) is 32.7 Å². The quantitative estimate of drug-likeness (QED) is 0.420. The standard InChI is InChI=1S/C16H26N4O3S/c1-2-3-7-20-15(22)13(14(21)18-16(20)24)12-17-5-4-6-19-8-10-23-11-9-19/h12,22H,2-11H2,1H3,(H,18,21,24). The lowest BCUT2D eigenvalue weighted by atomic mass is 10.3. The number of aromatic nitrogens is 2. The maximum absolute atomic E-state index is 12.0. The highest BCUT2D eigenvalue weighted by atomic mass is 32.1. The number of nitrogens with zero attached hydrogens (tertiary/aromatic N) is 3. The largest absolute Gasteiger partial charge is 0.494 e. The Labute approximate surface area is 147 Å². The Morgan fingerprint density at radius 3 is 2.79 bits per heavy atom. The topological polar surface area (TPSA) is 82.8 Å². The van der Waals surface area contributed by atoms with Crippen molar-refractivity contribution < 1.29 is 9.84 Å². The van der Waals surface area contributed by atoms with Gasteiger partial charge in [-0.05, 0) is 25.1 Å². The van der Waals surface area contributed by atoms with E-state index in [1.54, 1.807) is 4.57 Å². The van der Waals surface area contributed by atoms with Crippen LogP contribution in [0.1, 0.15) is 31.7 Å². The Kier molecular flexibility index (Phi) is 7.61. The predicted octanol–water partition coefficient (Wildman–Crippen LogP) is 1.55. The van der Waals surface area contributed by atoms with Gasteiger partial charge in [0.15, 0.2) is 4.77 Å². The molecule has 1 aromatic heterocycles. The van der Waals surface area contributed by atoms with Crippen LogP contribution in [0, 0.1) is 4.77 Å². The first-order valence-electron chi connectivity index (χ1n) is 8.49. The minimum atomic E-state index is -0.401. The van der Waals surface area contributed by atoms with Gasteiger partial charge in [-0.25, -0.2) is 0 Å². The van der Waals surface area contributed by atoms with E-state index in [0.29, 0.717) is 13.1 Å². The molecule has 8 heteroatoms. The van der Waals surface area contributed by atoms with Crippen molar-refractivity contribution in [3.8, 4) is 5.88 Å². The van der Waals surface area contributed by atoms with Gasteiger partial charge in [0.1, 0.15) is 5.56 Å². The van der Waals surface area contributed by atoms with Crippen LogP contribution < -0.4 is 5.56 Å². The minimum absolute atomic E-state index is 0.103. The second kappa shape index (κ2) is 9.71. The van der Waals surface area contributed by atoms with Crippen molar-refractivity contribution in [1.29, 1.82) is 0 Å². The lowest BCUT2D eigenvalue weighted by Gasteiger charge is -2.26. The molecule has 0 saturated carbocycles. The monoisotopic (exact) mass is 354 g/mol. The summed E-state index contributed by atoms with van der Waals surface area (Å²) in [4.78, 5) is 21.2. The first-order chi connectivity index (χ1) is 11.6. The fourth-order valence-corrected chi connectivity index (χ4v) is 2.85. The number of hydrogen-bond acceptors (Lipinski definition) is 6. The fraction of sp³-hybridized carbons (Fsp3) is 0.688. The first-order valence-corrected chi connectivity index (χ1v) is 8.90. The molecule has 0 amide bonds. The normalized spacial score (nSPS) is 16.0. The summed E-state index contributed by atoms with van der Waals surface area (Å²) in [6, 6.07) is 0. The molecular weight excluding hydrogens is 328 g/mol. The van der Waals surface area contributed by atoms with Gasteiger partial charge in [-0.3, -0.25) is 24.2 Å². The van der Waals surface area contributed by atoms with Gasteiger partial charge >= 0.3 is 0 Å². The Balaban J connectivity index is 1.95. The Morgan fingerprint density at radius 2 is 2.08 bits per heavy atom. The molecule has 1 saturated heterocycles. The number of hydrogen-bond donors (Lipinski definition) is 2. The molecule has 0 aromatic carbocycles. The van der Waals surface area contributed by atoms with Crippen molar-refractivity contribution in [1.82, 2.24) is 14.5 Å². The van der Waals surface area contributed by atoms with Crippen LogP contribution in [0.3, 0.4) is 0 Å². The number of aromatic hydroxyl groups is 1. The van der Waals surface area contributed by atoms with Gasteiger partial charge in [-0.15, -0.1) is 0 Å². The molecule has 1 aromatic rings. The second-order valence-corrected chi connectivity index (χ2v) is 6.23. The Bertz CT molecular complexity index is 662. The van der Waals surface area contributed by atoms with Crippen LogP contribution in [0.2, 0.25) is 0 Å². The number of rotatable bonds is 8. The summed E-state index contributed by atoms with van der Waals surface area (Å²) in [5.74, 6) is -0.103. The van der Waals surface area contributed by atoms with Gasteiger partial charge in [0.2, 0.25) is 5.88 Å². The molecule has 134 valence electrons. The summed E-state index contributed by atoms with van der Waals surface area (Å²) in [6.07, 6.45) is 4.21. The Hall–Kier alpha value is -1.51. The molecule has 2 N–H and O–H groups in total. The van der Waals surface area contributed by atoms with E-state index in [-0.39, 0.29) is 16.2 Å². The summed E-state index contributed by atoms with van der Waals surface area (Å²) in [7, 11) is 0. The predicted molar refractivity (Wildman–Crippen MR) is 96.8 cm³/mol. The maximum atomic E-state index is 12.0. The fourth-order valence-electron chi connectivity index (χ4n) is 2.58. The van der Waals surface area contributed by atoms with Gasteiger partial charge in [-0.2, -0.15) is 0 Å². The molecule has 0 atom stereocenters. The second-order valence-electron chi connectivity index (χ2n) is 5.84. The number of ether oxygens (including phenoxy) is 1. The third kappa shape index (κ3) is 5.25. The van der Waals surface area contributed by atoms with Gasteiger partial charge in [0.05, 0.1) is 13.2 Å². The highest BCUT2D eigenvalue weighted by Crippen LogP contribution is 2.12. The van der Waals surface area contributed by atoms with E-state index in [1.165, 1.54) is 6.21 Å². The Morgan fingerprint density at radius 1 is 1.33 bits per heavy atom. The molecule has 1 fully saturated rings. The van der Waals surface area contributed by atoms with Crippen molar-refractivity contribution in [3.05, 3.63) is 20.7 Å². The number of nitrogens with one attached hydrogen (secondary N) is 1. The first kappa shape index (κ1) is 18.8. The highest BCUT2D eigenvalue weighted by Gasteiger charge is 2.11. The molecule has 0 bridgehead atoms. The molecule has 1 aliphatic rings. The van der Waals surface area contributed by atoms with Gasteiger partial charge < -0.3 is 9.84 Å². The van der Waals surface area contributed by atoms with Crippen LogP contribution in [0.15, 0.2) is 9.79 Å². The van der Waals surface area contributed by atoms with Crippen molar-refractivity contribution in [3.63, 3.8) is 0 Å².